The number of phenols is 1. The van der Waals surface area contributed by atoms with Gasteiger partial charge in [0.25, 0.3) is 5.91 Å². The molecule has 2 aromatic rings. The molecule has 1 heterocycles. The number of ketones is 2. The highest BCUT2D eigenvalue weighted by Gasteiger charge is 2.68. The Hall–Kier alpha value is -4.06. The van der Waals surface area contributed by atoms with E-state index in [4.69, 9.17) is 5.73 Å². The number of benzene rings is 1. The van der Waals surface area contributed by atoms with Gasteiger partial charge in [-0.1, -0.05) is 19.1 Å². The van der Waals surface area contributed by atoms with Crippen LogP contribution in [0.25, 0.3) is 17.0 Å². The standard InChI is InChI=1S/C27H27N3O8/c1-10-11-7-8-12(13-6-4-5-9-29-13)20(31)15(11)21(32)16-14(10)22(33)18-19(30(2)3)23(34)17(26(28)37)25(36)27(18,38)24(16)35/h4-10,14,18-19,22,31-33,36,38H,1-3H3,(H2,28,37). The van der Waals surface area contributed by atoms with Crippen LogP contribution < -0.4 is 5.73 Å². The quantitative estimate of drug-likeness (QED) is 0.311. The Morgan fingerprint density at radius 3 is 2.37 bits per heavy atom. The number of aliphatic hydroxyl groups excluding tert-OH is 3. The van der Waals surface area contributed by atoms with Crippen molar-refractivity contribution in [2.24, 2.45) is 17.6 Å². The molecule has 11 nitrogen and oxygen atoms in total. The van der Waals surface area contributed by atoms with Crippen molar-refractivity contribution in [2.75, 3.05) is 14.1 Å². The summed E-state index contributed by atoms with van der Waals surface area (Å²) in [4.78, 5) is 44.8. The van der Waals surface area contributed by atoms with Gasteiger partial charge in [0.1, 0.15) is 22.8 Å². The molecule has 6 unspecified atom stereocenters. The maximum Gasteiger partial charge on any atom is 0.255 e. The number of nitrogens with two attached hydrogens (primary N) is 1. The van der Waals surface area contributed by atoms with Crippen LogP contribution in [-0.4, -0.2) is 84.7 Å². The average Bonchev–Trinajstić information content (AvgIpc) is 2.86. The monoisotopic (exact) mass is 521 g/mol. The molecule has 1 fully saturated rings. The van der Waals surface area contributed by atoms with Crippen molar-refractivity contribution < 1.29 is 39.9 Å². The van der Waals surface area contributed by atoms with Crippen molar-refractivity contribution in [3.8, 4) is 17.0 Å². The van der Waals surface area contributed by atoms with Crippen molar-refractivity contribution in [2.45, 2.75) is 30.6 Å². The third-order valence-electron chi connectivity index (χ3n) is 8.07. The lowest BCUT2D eigenvalue weighted by Crippen LogP contribution is -2.70. The lowest BCUT2D eigenvalue weighted by molar-refractivity contribution is -0.169. The second-order valence-electron chi connectivity index (χ2n) is 10.2. The van der Waals surface area contributed by atoms with E-state index in [2.05, 4.69) is 4.98 Å². The Morgan fingerprint density at radius 1 is 1.11 bits per heavy atom. The zero-order valence-corrected chi connectivity index (χ0v) is 20.8. The van der Waals surface area contributed by atoms with E-state index >= 15 is 0 Å². The summed E-state index contributed by atoms with van der Waals surface area (Å²) < 4.78 is 0. The van der Waals surface area contributed by atoms with E-state index in [1.54, 1.807) is 37.3 Å². The zero-order chi connectivity index (χ0) is 27.8. The summed E-state index contributed by atoms with van der Waals surface area (Å²) in [7, 11) is 2.92. The Kier molecular flexibility index (Phi) is 5.71. The van der Waals surface area contributed by atoms with E-state index in [1.165, 1.54) is 25.2 Å². The minimum atomic E-state index is -2.95. The number of pyridine rings is 1. The van der Waals surface area contributed by atoms with Crippen molar-refractivity contribution >= 4 is 23.2 Å². The Morgan fingerprint density at radius 2 is 1.79 bits per heavy atom. The molecule has 11 heteroatoms. The van der Waals surface area contributed by atoms with Gasteiger partial charge in [-0.2, -0.15) is 0 Å². The third kappa shape index (κ3) is 3.12. The summed E-state index contributed by atoms with van der Waals surface area (Å²) in [5.41, 5.74) is 2.01. The zero-order valence-electron chi connectivity index (χ0n) is 20.8. The van der Waals surface area contributed by atoms with Crippen molar-refractivity contribution in [3.05, 3.63) is 64.6 Å². The topological polar surface area (TPSA) is 195 Å². The Balaban J connectivity index is 1.79. The smallest absolute Gasteiger partial charge is 0.255 e. The number of amides is 1. The van der Waals surface area contributed by atoms with Gasteiger partial charge in [0.05, 0.1) is 29.3 Å². The van der Waals surface area contributed by atoms with Gasteiger partial charge in [-0.3, -0.25) is 24.3 Å². The van der Waals surface area contributed by atoms with Crippen LogP contribution in [0, 0.1) is 11.8 Å². The third-order valence-corrected chi connectivity index (χ3v) is 8.07. The maximum atomic E-state index is 14.0. The van der Waals surface area contributed by atoms with Crippen LogP contribution in [0.3, 0.4) is 0 Å². The molecule has 1 aromatic heterocycles. The normalized spacial score (nSPS) is 30.7. The second-order valence-corrected chi connectivity index (χ2v) is 10.2. The van der Waals surface area contributed by atoms with E-state index in [9.17, 15) is 39.9 Å². The summed E-state index contributed by atoms with van der Waals surface area (Å²) in [6.07, 6.45) is -0.109. The first-order valence-corrected chi connectivity index (χ1v) is 12.0. The molecule has 7 N–H and O–H groups in total. The number of aromatic hydroxyl groups is 1. The van der Waals surface area contributed by atoms with Crippen LogP contribution in [0.5, 0.6) is 5.75 Å². The predicted octanol–water partition coefficient (Wildman–Crippen LogP) is 0.558. The van der Waals surface area contributed by atoms with Gasteiger partial charge in [-0.15, -0.1) is 0 Å². The molecular formula is C27H27N3O8. The molecule has 0 aliphatic heterocycles. The molecule has 1 aromatic carbocycles. The maximum absolute atomic E-state index is 14.0. The molecule has 38 heavy (non-hydrogen) atoms. The highest BCUT2D eigenvalue weighted by molar-refractivity contribution is 6.24. The van der Waals surface area contributed by atoms with Crippen molar-refractivity contribution in [1.29, 1.82) is 0 Å². The first-order valence-electron chi connectivity index (χ1n) is 12.0. The van der Waals surface area contributed by atoms with E-state index in [1.807, 2.05) is 0 Å². The van der Waals surface area contributed by atoms with Crippen molar-refractivity contribution in [1.82, 2.24) is 9.88 Å². The fraction of sp³-hybridized carbons (Fsp3) is 0.333. The largest absolute Gasteiger partial charge is 0.508 e. The van der Waals surface area contributed by atoms with E-state index in [0.29, 0.717) is 11.3 Å². The van der Waals surface area contributed by atoms with Gasteiger partial charge in [0.15, 0.2) is 11.4 Å². The number of aliphatic hydroxyl groups is 4. The second kappa shape index (κ2) is 8.48. The number of nitrogens with zero attached hydrogens (tertiary/aromatic N) is 2. The predicted molar refractivity (Wildman–Crippen MR) is 134 cm³/mol. The minimum Gasteiger partial charge on any atom is -0.508 e. The fourth-order valence-electron chi connectivity index (χ4n) is 6.35. The Labute approximate surface area is 217 Å². The SMILES string of the molecule is CC1c2ccc(-c3ccccn3)c(O)c2C(O)=C2C(=O)C3(O)C(O)=C(C(N)=O)C(=O)C(N(C)C)C3C(O)C21. The van der Waals surface area contributed by atoms with Crippen LogP contribution in [-0.2, 0) is 14.4 Å². The molecular weight excluding hydrogens is 494 g/mol. The van der Waals surface area contributed by atoms with Gasteiger partial charge in [0, 0.05) is 23.3 Å². The van der Waals surface area contributed by atoms with Gasteiger partial charge >= 0.3 is 0 Å². The van der Waals surface area contributed by atoms with Gasteiger partial charge in [-0.05, 0) is 43.8 Å². The highest BCUT2D eigenvalue weighted by atomic mass is 16.4. The molecule has 0 bridgehead atoms. The summed E-state index contributed by atoms with van der Waals surface area (Å²) >= 11 is 0. The van der Waals surface area contributed by atoms with Crippen molar-refractivity contribution in [3.63, 3.8) is 0 Å². The average molecular weight is 522 g/mol. The molecule has 6 atom stereocenters. The van der Waals surface area contributed by atoms with Crippen LogP contribution >= 0.6 is 0 Å². The number of carbonyl (C=O) groups excluding carboxylic acids is 3. The molecule has 3 aliphatic rings. The Bertz CT molecular complexity index is 1460. The van der Waals surface area contributed by atoms with Crippen LogP contribution in [0.1, 0.15) is 24.0 Å². The summed E-state index contributed by atoms with van der Waals surface area (Å²) in [6, 6.07) is 6.92. The van der Waals surface area contributed by atoms with Crippen LogP contribution in [0.4, 0.5) is 0 Å². The lowest BCUT2D eigenvalue weighted by Gasteiger charge is -2.53. The van der Waals surface area contributed by atoms with Crippen LogP contribution in [0.15, 0.2) is 53.4 Å². The number of phenolic OH excluding ortho intramolecular Hbond substituents is 1. The molecule has 198 valence electrons. The number of rotatable bonds is 3. The number of fused-ring (bicyclic) bond motifs is 3. The number of hydrogen-bond donors (Lipinski definition) is 6. The highest BCUT2D eigenvalue weighted by Crippen LogP contribution is 2.56. The number of primary amides is 1. The number of Topliss-reactive ketones (excluding diaryl/α,β-unsaturated/α-hetero) is 2. The summed E-state index contributed by atoms with van der Waals surface area (Å²) in [5, 5.41) is 56.9. The molecule has 0 radical (unpaired) electrons. The van der Waals surface area contributed by atoms with Crippen LogP contribution in [0.2, 0.25) is 0 Å². The van der Waals surface area contributed by atoms with E-state index < -0.39 is 75.6 Å². The number of hydrogen-bond acceptors (Lipinski definition) is 10. The lowest BCUT2D eigenvalue weighted by atomic mass is 9.54. The molecule has 0 saturated heterocycles. The molecule has 1 amide bonds. The van der Waals surface area contributed by atoms with Gasteiger partial charge < -0.3 is 31.3 Å². The number of carbonyl (C=O) groups is 3. The molecule has 5 rings (SSSR count). The van der Waals surface area contributed by atoms with Gasteiger partial charge in [0.2, 0.25) is 5.78 Å². The first kappa shape index (κ1) is 25.6. The van der Waals surface area contributed by atoms with E-state index in [-0.39, 0.29) is 16.9 Å². The molecule has 1 saturated carbocycles. The summed E-state index contributed by atoms with van der Waals surface area (Å²) in [6.45, 7) is 1.68. The molecule has 3 aliphatic carbocycles. The minimum absolute atomic E-state index is 0.0795. The number of aromatic nitrogens is 1. The summed E-state index contributed by atoms with van der Waals surface area (Å²) in [5.74, 6) is -9.21. The fourth-order valence-corrected chi connectivity index (χ4v) is 6.35. The first-order chi connectivity index (χ1) is 17.8. The van der Waals surface area contributed by atoms with Gasteiger partial charge in [-0.25, -0.2) is 0 Å². The molecule has 0 spiro atoms. The van der Waals surface area contributed by atoms with E-state index in [0.717, 1.165) is 0 Å². The number of likely N-dealkylation sites (N-methyl/N-ethyl adjacent to an activating group) is 1.